The van der Waals surface area contributed by atoms with Crippen molar-refractivity contribution in [2.45, 2.75) is 12.7 Å². The zero-order valence-electron chi connectivity index (χ0n) is 7.54. The van der Waals surface area contributed by atoms with Crippen LogP contribution >= 0.6 is 27.5 Å². The molecular formula is C9H8BrClF3N. The molecule has 1 N–H and O–H groups in total. The van der Waals surface area contributed by atoms with Gasteiger partial charge in [-0.05, 0) is 17.7 Å². The molecule has 0 unspecified atom stereocenters. The predicted octanol–water partition coefficient (Wildman–Crippen LogP) is 3.75. The fourth-order valence-corrected chi connectivity index (χ4v) is 1.74. The van der Waals surface area contributed by atoms with Gasteiger partial charge in [-0.25, -0.2) is 0 Å². The number of hydrogen-bond acceptors (Lipinski definition) is 1. The van der Waals surface area contributed by atoms with Gasteiger partial charge in [0, 0.05) is 16.0 Å². The number of rotatable bonds is 3. The Labute approximate surface area is 98.7 Å². The van der Waals surface area contributed by atoms with Gasteiger partial charge < -0.3 is 5.32 Å². The van der Waals surface area contributed by atoms with Gasteiger partial charge in [-0.15, -0.1) is 0 Å². The van der Waals surface area contributed by atoms with E-state index in [-0.39, 0.29) is 6.54 Å². The molecule has 1 aromatic carbocycles. The Bertz CT molecular complexity index is 341. The molecule has 0 aliphatic heterocycles. The van der Waals surface area contributed by atoms with Crippen molar-refractivity contribution in [3.05, 3.63) is 33.3 Å². The first-order valence-corrected chi connectivity index (χ1v) is 5.27. The van der Waals surface area contributed by atoms with E-state index >= 15 is 0 Å². The van der Waals surface area contributed by atoms with E-state index in [1.54, 1.807) is 18.2 Å². The number of halogens is 5. The zero-order valence-corrected chi connectivity index (χ0v) is 9.88. The minimum Gasteiger partial charge on any atom is -0.305 e. The summed E-state index contributed by atoms with van der Waals surface area (Å²) in [5.74, 6) is 0. The van der Waals surface area contributed by atoms with E-state index < -0.39 is 12.7 Å². The Balaban J connectivity index is 2.51. The van der Waals surface area contributed by atoms with Gasteiger partial charge in [0.2, 0.25) is 0 Å². The second-order valence-electron chi connectivity index (χ2n) is 2.95. The summed E-state index contributed by atoms with van der Waals surface area (Å²) in [7, 11) is 0. The maximum Gasteiger partial charge on any atom is 0.401 e. The van der Waals surface area contributed by atoms with Crippen LogP contribution in [0.2, 0.25) is 5.02 Å². The largest absolute Gasteiger partial charge is 0.401 e. The van der Waals surface area contributed by atoms with E-state index in [0.29, 0.717) is 10.6 Å². The fourth-order valence-electron chi connectivity index (χ4n) is 1.00. The van der Waals surface area contributed by atoms with Crippen molar-refractivity contribution in [3.63, 3.8) is 0 Å². The Morgan fingerprint density at radius 2 is 2.00 bits per heavy atom. The standard InChI is InChI=1S/C9H8BrClF3N/c10-7-2-1-6(8(11)3-7)4-15-5-9(12,13)14/h1-3,15H,4-5H2. The minimum absolute atomic E-state index is 0.103. The van der Waals surface area contributed by atoms with E-state index in [4.69, 9.17) is 11.6 Å². The lowest BCUT2D eigenvalue weighted by Gasteiger charge is -2.09. The summed E-state index contributed by atoms with van der Waals surface area (Å²) in [5.41, 5.74) is 0.643. The third-order valence-corrected chi connectivity index (χ3v) is 2.50. The minimum atomic E-state index is -4.19. The van der Waals surface area contributed by atoms with Gasteiger partial charge in [0.1, 0.15) is 0 Å². The maximum absolute atomic E-state index is 11.8. The van der Waals surface area contributed by atoms with Gasteiger partial charge in [0.15, 0.2) is 0 Å². The second-order valence-corrected chi connectivity index (χ2v) is 4.28. The first kappa shape index (κ1) is 12.8. The summed E-state index contributed by atoms with van der Waals surface area (Å²) < 4.78 is 36.3. The van der Waals surface area contributed by atoms with Gasteiger partial charge in [-0.2, -0.15) is 13.2 Å². The Morgan fingerprint density at radius 1 is 1.33 bits per heavy atom. The van der Waals surface area contributed by atoms with Crippen molar-refractivity contribution >= 4 is 27.5 Å². The molecule has 6 heteroatoms. The average Bonchev–Trinajstić information content (AvgIpc) is 2.07. The molecule has 0 amide bonds. The Kier molecular flexibility index (Phi) is 4.43. The van der Waals surface area contributed by atoms with Crippen LogP contribution in [0.5, 0.6) is 0 Å². The molecule has 0 spiro atoms. The Hall–Kier alpha value is -0.260. The highest BCUT2D eigenvalue weighted by atomic mass is 79.9. The van der Waals surface area contributed by atoms with Crippen LogP contribution in [0.4, 0.5) is 13.2 Å². The van der Waals surface area contributed by atoms with E-state index in [1.807, 2.05) is 0 Å². The van der Waals surface area contributed by atoms with Gasteiger partial charge in [0.05, 0.1) is 6.54 Å². The van der Waals surface area contributed by atoms with Crippen LogP contribution in [-0.2, 0) is 6.54 Å². The van der Waals surface area contributed by atoms with Crippen molar-refractivity contribution in [2.24, 2.45) is 0 Å². The first-order chi connectivity index (χ1) is 6.88. The lowest BCUT2D eigenvalue weighted by molar-refractivity contribution is -0.125. The number of nitrogens with one attached hydrogen (secondary N) is 1. The highest BCUT2D eigenvalue weighted by Crippen LogP contribution is 2.21. The fraction of sp³-hybridized carbons (Fsp3) is 0.333. The quantitative estimate of drug-likeness (QED) is 0.896. The number of benzene rings is 1. The van der Waals surface area contributed by atoms with Crippen LogP contribution in [0.15, 0.2) is 22.7 Å². The van der Waals surface area contributed by atoms with Crippen molar-refractivity contribution in [1.82, 2.24) is 5.32 Å². The SMILES string of the molecule is FC(F)(F)CNCc1ccc(Br)cc1Cl. The summed E-state index contributed by atoms with van der Waals surface area (Å²) in [4.78, 5) is 0. The van der Waals surface area contributed by atoms with Crippen molar-refractivity contribution in [2.75, 3.05) is 6.54 Å². The molecule has 0 bridgehead atoms. The smallest absolute Gasteiger partial charge is 0.305 e. The highest BCUT2D eigenvalue weighted by molar-refractivity contribution is 9.10. The molecule has 0 aliphatic rings. The molecule has 0 aliphatic carbocycles. The third kappa shape index (κ3) is 4.86. The van der Waals surface area contributed by atoms with Gasteiger partial charge >= 0.3 is 6.18 Å². The maximum atomic E-state index is 11.8. The number of hydrogen-bond donors (Lipinski definition) is 1. The van der Waals surface area contributed by atoms with Crippen LogP contribution in [0.3, 0.4) is 0 Å². The molecule has 0 radical (unpaired) electrons. The molecule has 0 atom stereocenters. The van der Waals surface area contributed by atoms with E-state index in [2.05, 4.69) is 21.2 Å². The van der Waals surface area contributed by atoms with Crippen molar-refractivity contribution < 1.29 is 13.2 Å². The van der Waals surface area contributed by atoms with Crippen LogP contribution < -0.4 is 5.32 Å². The molecule has 0 aromatic heterocycles. The highest BCUT2D eigenvalue weighted by Gasteiger charge is 2.26. The molecule has 1 aromatic rings. The summed E-state index contributed by atoms with van der Waals surface area (Å²) >= 11 is 9.04. The van der Waals surface area contributed by atoms with E-state index in [1.165, 1.54) is 0 Å². The molecule has 0 saturated carbocycles. The van der Waals surface area contributed by atoms with Crippen LogP contribution in [-0.4, -0.2) is 12.7 Å². The first-order valence-electron chi connectivity index (χ1n) is 4.10. The summed E-state index contributed by atoms with van der Waals surface area (Å²) in [6.07, 6.45) is -4.19. The van der Waals surface area contributed by atoms with Crippen LogP contribution in [0.25, 0.3) is 0 Å². The predicted molar refractivity (Wildman–Crippen MR) is 56.9 cm³/mol. The molecule has 0 saturated heterocycles. The van der Waals surface area contributed by atoms with Gasteiger partial charge in [0.25, 0.3) is 0 Å². The molecule has 84 valence electrons. The molecule has 1 nitrogen and oxygen atoms in total. The normalized spacial score (nSPS) is 11.8. The number of alkyl halides is 3. The van der Waals surface area contributed by atoms with Crippen LogP contribution in [0.1, 0.15) is 5.56 Å². The van der Waals surface area contributed by atoms with Crippen molar-refractivity contribution in [1.29, 1.82) is 0 Å². The van der Waals surface area contributed by atoms with Crippen LogP contribution in [0, 0.1) is 0 Å². The molecule has 0 fully saturated rings. The monoisotopic (exact) mass is 301 g/mol. The van der Waals surface area contributed by atoms with Crippen molar-refractivity contribution in [3.8, 4) is 0 Å². The molecule has 1 rings (SSSR count). The van der Waals surface area contributed by atoms with E-state index in [0.717, 1.165) is 4.47 Å². The molecule has 15 heavy (non-hydrogen) atoms. The Morgan fingerprint density at radius 3 is 2.53 bits per heavy atom. The van der Waals surface area contributed by atoms with E-state index in [9.17, 15) is 13.2 Å². The third-order valence-electron chi connectivity index (χ3n) is 1.66. The lowest BCUT2D eigenvalue weighted by Crippen LogP contribution is -2.28. The topological polar surface area (TPSA) is 12.0 Å². The molecule has 0 heterocycles. The summed E-state index contributed by atoms with van der Waals surface area (Å²) in [6, 6.07) is 5.05. The molecular weight excluding hydrogens is 294 g/mol. The second kappa shape index (κ2) is 5.18. The average molecular weight is 303 g/mol. The van der Waals surface area contributed by atoms with Gasteiger partial charge in [-0.3, -0.25) is 0 Å². The summed E-state index contributed by atoms with van der Waals surface area (Å²) in [6.45, 7) is -0.912. The van der Waals surface area contributed by atoms with Gasteiger partial charge in [-0.1, -0.05) is 33.6 Å². The lowest BCUT2D eigenvalue weighted by atomic mass is 10.2. The summed E-state index contributed by atoms with van der Waals surface area (Å²) in [5, 5.41) is 2.72. The zero-order chi connectivity index (χ0) is 11.5.